The fourth-order valence-electron chi connectivity index (χ4n) is 1.79. The monoisotopic (exact) mass is 222 g/mol. The van der Waals surface area contributed by atoms with Crippen LogP contribution in [0.5, 0.6) is 11.5 Å². The highest BCUT2D eigenvalue weighted by molar-refractivity contribution is 5.71. The van der Waals surface area contributed by atoms with Gasteiger partial charge < -0.3 is 14.6 Å². The molecule has 1 N–H and O–H groups in total. The maximum absolute atomic E-state index is 10.9. The summed E-state index contributed by atoms with van der Waals surface area (Å²) in [6.45, 7) is 2.76. The van der Waals surface area contributed by atoms with E-state index in [2.05, 4.69) is 0 Å². The molecule has 0 aliphatic carbocycles. The van der Waals surface area contributed by atoms with Crippen LogP contribution in [-0.4, -0.2) is 24.3 Å². The van der Waals surface area contributed by atoms with Gasteiger partial charge in [-0.05, 0) is 37.1 Å². The zero-order valence-corrected chi connectivity index (χ0v) is 9.10. The van der Waals surface area contributed by atoms with Gasteiger partial charge in [0.2, 0.25) is 0 Å². The first-order valence-electron chi connectivity index (χ1n) is 5.32. The zero-order valence-electron chi connectivity index (χ0n) is 9.10. The number of hydrogen-bond acceptors (Lipinski definition) is 3. The summed E-state index contributed by atoms with van der Waals surface area (Å²) in [5.41, 5.74) is 0.907. The fraction of sp³-hybridized carbons (Fsp3) is 0.417. The molecular formula is C12H14O4. The second-order valence-electron chi connectivity index (χ2n) is 3.75. The molecule has 1 unspecified atom stereocenters. The Bertz CT molecular complexity index is 400. The number of carboxylic acid groups (broad SMARTS) is 1. The summed E-state index contributed by atoms with van der Waals surface area (Å²) in [7, 11) is 0. The summed E-state index contributed by atoms with van der Waals surface area (Å²) in [6.07, 6.45) is 0.506. The van der Waals surface area contributed by atoms with Crippen LogP contribution in [0.3, 0.4) is 0 Å². The minimum absolute atomic E-state index is 0.246. The largest absolute Gasteiger partial charge is 0.494 e. The van der Waals surface area contributed by atoms with Gasteiger partial charge in [-0.2, -0.15) is 0 Å². The Morgan fingerprint density at radius 2 is 2.44 bits per heavy atom. The Kier molecular flexibility index (Phi) is 2.99. The van der Waals surface area contributed by atoms with E-state index in [9.17, 15) is 4.79 Å². The van der Waals surface area contributed by atoms with E-state index < -0.39 is 11.9 Å². The van der Waals surface area contributed by atoms with Gasteiger partial charge in [0.15, 0.2) is 0 Å². The average Bonchev–Trinajstić information content (AvgIpc) is 2.28. The minimum atomic E-state index is -0.813. The fourth-order valence-corrected chi connectivity index (χ4v) is 1.79. The summed E-state index contributed by atoms with van der Waals surface area (Å²) in [4.78, 5) is 10.9. The lowest BCUT2D eigenvalue weighted by atomic mass is 9.97. The molecule has 1 atom stereocenters. The molecule has 0 aromatic heterocycles. The molecule has 4 heteroatoms. The highest BCUT2D eigenvalue weighted by Gasteiger charge is 2.25. The van der Waals surface area contributed by atoms with Crippen LogP contribution < -0.4 is 9.47 Å². The van der Waals surface area contributed by atoms with Crippen molar-refractivity contribution in [2.75, 3.05) is 13.2 Å². The van der Waals surface area contributed by atoms with E-state index in [1.165, 1.54) is 0 Å². The molecule has 16 heavy (non-hydrogen) atoms. The topological polar surface area (TPSA) is 55.8 Å². The van der Waals surface area contributed by atoms with Crippen molar-refractivity contribution in [3.8, 4) is 11.5 Å². The standard InChI is InChI=1S/C12H14O4/c1-2-15-10-3-4-11-8(6-10)5-9(7-16-11)12(13)14/h3-4,6,9H,2,5,7H2,1H3,(H,13,14). The molecule has 0 bridgehead atoms. The number of ether oxygens (including phenoxy) is 2. The van der Waals surface area contributed by atoms with Gasteiger partial charge in [0, 0.05) is 0 Å². The third kappa shape index (κ3) is 2.10. The molecule has 1 aromatic rings. The van der Waals surface area contributed by atoms with Gasteiger partial charge in [0.1, 0.15) is 18.1 Å². The molecule has 86 valence electrons. The van der Waals surface area contributed by atoms with Crippen LogP contribution in [0.2, 0.25) is 0 Å². The van der Waals surface area contributed by atoms with Crippen LogP contribution in [0.15, 0.2) is 18.2 Å². The molecular weight excluding hydrogens is 208 g/mol. The molecule has 0 saturated heterocycles. The summed E-state index contributed by atoms with van der Waals surface area (Å²) < 4.78 is 10.8. The van der Waals surface area contributed by atoms with Crippen LogP contribution >= 0.6 is 0 Å². The average molecular weight is 222 g/mol. The molecule has 4 nitrogen and oxygen atoms in total. The molecule has 1 aliphatic rings. The molecule has 2 rings (SSSR count). The predicted molar refractivity (Wildman–Crippen MR) is 57.9 cm³/mol. The predicted octanol–water partition coefficient (Wildman–Crippen LogP) is 1.72. The third-order valence-electron chi connectivity index (χ3n) is 2.60. The van der Waals surface area contributed by atoms with Crippen molar-refractivity contribution in [1.29, 1.82) is 0 Å². The van der Waals surface area contributed by atoms with Gasteiger partial charge in [-0.15, -0.1) is 0 Å². The van der Waals surface area contributed by atoms with Crippen molar-refractivity contribution in [2.45, 2.75) is 13.3 Å². The van der Waals surface area contributed by atoms with Gasteiger partial charge in [-0.3, -0.25) is 4.79 Å². The lowest BCUT2D eigenvalue weighted by molar-refractivity contribution is -0.143. The molecule has 0 radical (unpaired) electrons. The zero-order chi connectivity index (χ0) is 11.5. The van der Waals surface area contributed by atoms with E-state index >= 15 is 0 Å². The highest BCUT2D eigenvalue weighted by Crippen LogP contribution is 2.30. The first-order chi connectivity index (χ1) is 7.70. The van der Waals surface area contributed by atoms with Crippen molar-refractivity contribution in [3.05, 3.63) is 23.8 Å². The van der Waals surface area contributed by atoms with Crippen LogP contribution in [0.4, 0.5) is 0 Å². The van der Waals surface area contributed by atoms with Crippen LogP contribution in [0.1, 0.15) is 12.5 Å². The number of hydrogen-bond donors (Lipinski definition) is 1. The highest BCUT2D eigenvalue weighted by atomic mass is 16.5. The molecule has 0 amide bonds. The number of carbonyl (C=O) groups is 1. The Morgan fingerprint density at radius 1 is 1.62 bits per heavy atom. The van der Waals surface area contributed by atoms with Gasteiger partial charge >= 0.3 is 5.97 Å². The van der Waals surface area contributed by atoms with Gasteiger partial charge in [0.05, 0.1) is 12.5 Å². The molecule has 1 aromatic carbocycles. The normalized spacial score (nSPS) is 18.4. The SMILES string of the molecule is CCOc1ccc2c(c1)CC(C(=O)O)CO2. The first kappa shape index (κ1) is 10.8. The first-order valence-corrected chi connectivity index (χ1v) is 5.32. The number of carboxylic acids is 1. The molecule has 0 spiro atoms. The summed E-state index contributed by atoms with van der Waals surface area (Å²) in [5.74, 6) is 0.258. The van der Waals surface area contributed by atoms with E-state index in [1.807, 2.05) is 25.1 Å². The van der Waals surface area contributed by atoms with Crippen molar-refractivity contribution >= 4 is 5.97 Å². The van der Waals surface area contributed by atoms with Crippen LogP contribution in [0, 0.1) is 5.92 Å². The number of aliphatic carboxylic acids is 1. The molecule has 0 saturated carbocycles. The Morgan fingerprint density at radius 3 is 3.12 bits per heavy atom. The third-order valence-corrected chi connectivity index (χ3v) is 2.60. The summed E-state index contributed by atoms with van der Waals surface area (Å²) in [6, 6.07) is 5.52. The van der Waals surface area contributed by atoms with Crippen molar-refractivity contribution < 1.29 is 19.4 Å². The number of rotatable bonds is 3. The maximum Gasteiger partial charge on any atom is 0.310 e. The van der Waals surface area contributed by atoms with E-state index in [4.69, 9.17) is 14.6 Å². The van der Waals surface area contributed by atoms with E-state index in [0.717, 1.165) is 17.1 Å². The smallest absolute Gasteiger partial charge is 0.310 e. The Balaban J connectivity index is 2.21. The lowest BCUT2D eigenvalue weighted by Crippen LogP contribution is -2.27. The molecule has 1 heterocycles. The summed E-state index contributed by atoms with van der Waals surface area (Å²) in [5, 5.41) is 8.93. The minimum Gasteiger partial charge on any atom is -0.494 e. The van der Waals surface area contributed by atoms with E-state index in [1.54, 1.807) is 0 Å². The second kappa shape index (κ2) is 4.43. The van der Waals surface area contributed by atoms with Gasteiger partial charge in [0.25, 0.3) is 0 Å². The van der Waals surface area contributed by atoms with Crippen molar-refractivity contribution in [3.63, 3.8) is 0 Å². The van der Waals surface area contributed by atoms with E-state index in [0.29, 0.717) is 13.0 Å². The van der Waals surface area contributed by atoms with Crippen LogP contribution in [0.25, 0.3) is 0 Å². The van der Waals surface area contributed by atoms with E-state index in [-0.39, 0.29) is 6.61 Å². The van der Waals surface area contributed by atoms with Gasteiger partial charge in [-0.1, -0.05) is 0 Å². The van der Waals surface area contributed by atoms with Crippen molar-refractivity contribution in [2.24, 2.45) is 5.92 Å². The number of fused-ring (bicyclic) bond motifs is 1. The summed E-state index contributed by atoms with van der Waals surface area (Å²) >= 11 is 0. The second-order valence-corrected chi connectivity index (χ2v) is 3.75. The van der Waals surface area contributed by atoms with Gasteiger partial charge in [-0.25, -0.2) is 0 Å². The quantitative estimate of drug-likeness (QED) is 0.846. The number of benzene rings is 1. The molecule has 0 fully saturated rings. The molecule has 1 aliphatic heterocycles. The lowest BCUT2D eigenvalue weighted by Gasteiger charge is -2.22. The van der Waals surface area contributed by atoms with Crippen LogP contribution in [-0.2, 0) is 11.2 Å². The maximum atomic E-state index is 10.9. The Hall–Kier alpha value is -1.71. The van der Waals surface area contributed by atoms with Crippen molar-refractivity contribution in [1.82, 2.24) is 0 Å². The Labute approximate surface area is 93.8 Å².